The summed E-state index contributed by atoms with van der Waals surface area (Å²) >= 11 is 0. The first kappa shape index (κ1) is 22.8. The number of sulfonamides is 1. The lowest BCUT2D eigenvalue weighted by Gasteiger charge is -2.08. The molecule has 2 aromatic rings. The Bertz CT molecular complexity index is 1010. The van der Waals surface area contributed by atoms with Crippen LogP contribution in [0.3, 0.4) is 0 Å². The molecule has 1 aromatic heterocycles. The standard InChI is InChI=1S/C18H20N4O7S/c1-2-19-16(24)12-3-6-14(7-4-12)30(27,28)22-17(25)13-5-8-15(21-11-13)29-18(26)20-9-10-23/h3-8,11,23H,2,9-10H2,1H3,(H,19,24)(H,20,26)(H,22,25). The average molecular weight is 436 g/mol. The van der Waals surface area contributed by atoms with Crippen LogP contribution in [0.25, 0.3) is 0 Å². The highest BCUT2D eigenvalue weighted by atomic mass is 32.2. The highest BCUT2D eigenvalue weighted by Crippen LogP contribution is 2.13. The van der Waals surface area contributed by atoms with Gasteiger partial charge >= 0.3 is 6.09 Å². The number of carbonyl (C=O) groups is 3. The Kier molecular flexibility index (Phi) is 7.83. The highest BCUT2D eigenvalue weighted by molar-refractivity contribution is 7.90. The Balaban J connectivity index is 2.03. The Morgan fingerprint density at radius 1 is 1.00 bits per heavy atom. The Morgan fingerprint density at radius 2 is 1.67 bits per heavy atom. The first-order valence-electron chi connectivity index (χ1n) is 8.75. The van der Waals surface area contributed by atoms with Crippen molar-refractivity contribution in [1.82, 2.24) is 20.3 Å². The highest BCUT2D eigenvalue weighted by Gasteiger charge is 2.20. The fraction of sp³-hybridized carbons (Fsp3) is 0.222. The number of benzene rings is 1. The zero-order valence-corrected chi connectivity index (χ0v) is 16.7. The van der Waals surface area contributed by atoms with Crippen molar-refractivity contribution in [2.24, 2.45) is 0 Å². The minimum Gasteiger partial charge on any atom is -0.395 e. The van der Waals surface area contributed by atoms with Gasteiger partial charge in [0.1, 0.15) is 0 Å². The van der Waals surface area contributed by atoms with Gasteiger partial charge in [0.2, 0.25) is 5.88 Å². The first-order chi connectivity index (χ1) is 14.3. The van der Waals surface area contributed by atoms with E-state index in [0.29, 0.717) is 6.54 Å². The van der Waals surface area contributed by atoms with E-state index in [1.807, 2.05) is 4.72 Å². The van der Waals surface area contributed by atoms with Crippen LogP contribution in [0.5, 0.6) is 5.88 Å². The van der Waals surface area contributed by atoms with E-state index >= 15 is 0 Å². The summed E-state index contributed by atoms with van der Waals surface area (Å²) in [6.07, 6.45) is 0.199. The van der Waals surface area contributed by atoms with Crippen LogP contribution < -0.4 is 20.1 Å². The van der Waals surface area contributed by atoms with Crippen molar-refractivity contribution in [3.8, 4) is 5.88 Å². The van der Waals surface area contributed by atoms with Gasteiger partial charge in [-0.1, -0.05) is 0 Å². The topological polar surface area (TPSA) is 164 Å². The van der Waals surface area contributed by atoms with Crippen LogP contribution in [-0.4, -0.2) is 56.1 Å². The lowest BCUT2D eigenvalue weighted by molar-refractivity contribution is 0.0952. The zero-order chi connectivity index (χ0) is 22.1. The summed E-state index contributed by atoms with van der Waals surface area (Å²) in [5.41, 5.74) is 0.200. The molecule has 0 atom stereocenters. The normalized spacial score (nSPS) is 10.7. The van der Waals surface area contributed by atoms with Crippen molar-refractivity contribution in [2.75, 3.05) is 19.7 Å². The minimum atomic E-state index is -4.18. The molecule has 30 heavy (non-hydrogen) atoms. The van der Waals surface area contributed by atoms with Crippen LogP contribution in [0.1, 0.15) is 27.6 Å². The van der Waals surface area contributed by atoms with Gasteiger partial charge in [0.05, 0.1) is 17.1 Å². The van der Waals surface area contributed by atoms with Crippen molar-refractivity contribution in [3.05, 3.63) is 53.7 Å². The van der Waals surface area contributed by atoms with Gasteiger partial charge in [0.15, 0.2) is 0 Å². The molecule has 0 radical (unpaired) electrons. The molecule has 0 aliphatic heterocycles. The molecular formula is C18H20N4O7S. The molecule has 4 N–H and O–H groups in total. The first-order valence-corrected chi connectivity index (χ1v) is 10.2. The van der Waals surface area contributed by atoms with E-state index in [0.717, 1.165) is 6.20 Å². The number of amides is 3. The maximum atomic E-state index is 12.4. The summed E-state index contributed by atoms with van der Waals surface area (Å²) in [5, 5.41) is 13.5. The van der Waals surface area contributed by atoms with Crippen LogP contribution in [0.4, 0.5) is 4.79 Å². The van der Waals surface area contributed by atoms with Crippen LogP contribution >= 0.6 is 0 Å². The Morgan fingerprint density at radius 3 is 2.23 bits per heavy atom. The quantitative estimate of drug-likeness (QED) is 0.450. The maximum Gasteiger partial charge on any atom is 0.414 e. The van der Waals surface area contributed by atoms with E-state index in [-0.39, 0.29) is 41.0 Å². The number of ether oxygens (including phenoxy) is 1. The molecule has 3 amide bonds. The van der Waals surface area contributed by atoms with E-state index in [1.54, 1.807) is 6.92 Å². The second kappa shape index (κ2) is 10.3. The summed E-state index contributed by atoms with van der Waals surface area (Å²) in [6, 6.07) is 7.52. The number of nitrogens with one attached hydrogen (secondary N) is 3. The maximum absolute atomic E-state index is 12.4. The second-order valence-electron chi connectivity index (χ2n) is 5.74. The number of carbonyl (C=O) groups excluding carboxylic acids is 3. The molecule has 0 fully saturated rings. The van der Waals surface area contributed by atoms with E-state index in [4.69, 9.17) is 9.84 Å². The van der Waals surface area contributed by atoms with Gasteiger partial charge in [-0.2, -0.15) is 0 Å². The molecule has 2 rings (SSSR count). The summed E-state index contributed by atoms with van der Waals surface area (Å²) in [6.45, 7) is 1.93. The average Bonchev–Trinajstić information content (AvgIpc) is 2.72. The molecule has 0 aliphatic carbocycles. The zero-order valence-electron chi connectivity index (χ0n) is 15.9. The summed E-state index contributed by atoms with van der Waals surface area (Å²) in [4.78, 5) is 38.9. The third kappa shape index (κ3) is 6.25. The van der Waals surface area contributed by atoms with Gasteiger partial charge in [-0.25, -0.2) is 22.9 Å². The van der Waals surface area contributed by atoms with Gasteiger partial charge in [-0.15, -0.1) is 0 Å². The van der Waals surface area contributed by atoms with Crippen molar-refractivity contribution in [1.29, 1.82) is 0 Å². The number of aliphatic hydroxyl groups is 1. The Labute approximate surface area is 172 Å². The molecular weight excluding hydrogens is 416 g/mol. The summed E-state index contributed by atoms with van der Waals surface area (Å²) in [7, 11) is -4.18. The number of hydrogen-bond acceptors (Lipinski definition) is 8. The van der Waals surface area contributed by atoms with Crippen LogP contribution in [-0.2, 0) is 10.0 Å². The molecule has 0 bridgehead atoms. The summed E-state index contributed by atoms with van der Waals surface area (Å²) < 4.78 is 31.5. The smallest absolute Gasteiger partial charge is 0.395 e. The Hall–Kier alpha value is -3.51. The van der Waals surface area contributed by atoms with E-state index < -0.39 is 22.0 Å². The number of aliphatic hydroxyl groups excluding tert-OH is 1. The second-order valence-corrected chi connectivity index (χ2v) is 7.43. The molecule has 12 heteroatoms. The van der Waals surface area contributed by atoms with E-state index in [1.165, 1.54) is 36.4 Å². The van der Waals surface area contributed by atoms with E-state index in [2.05, 4.69) is 15.6 Å². The molecule has 11 nitrogen and oxygen atoms in total. The van der Waals surface area contributed by atoms with Gasteiger partial charge in [-0.05, 0) is 37.3 Å². The van der Waals surface area contributed by atoms with Crippen LogP contribution in [0, 0.1) is 0 Å². The fourth-order valence-electron chi connectivity index (χ4n) is 2.15. The number of pyridine rings is 1. The fourth-order valence-corrected chi connectivity index (χ4v) is 3.13. The predicted octanol–water partition coefficient (Wildman–Crippen LogP) is 0.0307. The molecule has 0 unspecified atom stereocenters. The lowest BCUT2D eigenvalue weighted by atomic mass is 10.2. The molecule has 1 heterocycles. The molecule has 0 spiro atoms. The van der Waals surface area contributed by atoms with E-state index in [9.17, 15) is 22.8 Å². The summed E-state index contributed by atoms with van der Waals surface area (Å²) in [5.74, 6) is -1.40. The number of hydrogen-bond donors (Lipinski definition) is 4. The van der Waals surface area contributed by atoms with Crippen molar-refractivity contribution in [2.45, 2.75) is 11.8 Å². The van der Waals surface area contributed by atoms with Gasteiger partial charge in [0.25, 0.3) is 21.8 Å². The number of aromatic nitrogens is 1. The van der Waals surface area contributed by atoms with Crippen LogP contribution in [0.15, 0.2) is 47.5 Å². The molecule has 0 aliphatic rings. The van der Waals surface area contributed by atoms with Gasteiger partial charge in [-0.3, -0.25) is 9.59 Å². The largest absolute Gasteiger partial charge is 0.414 e. The third-order valence-electron chi connectivity index (χ3n) is 3.57. The molecule has 1 aromatic carbocycles. The predicted molar refractivity (Wildman–Crippen MR) is 104 cm³/mol. The van der Waals surface area contributed by atoms with Gasteiger partial charge < -0.3 is 20.5 Å². The van der Waals surface area contributed by atoms with Crippen molar-refractivity contribution >= 4 is 27.9 Å². The van der Waals surface area contributed by atoms with Gasteiger partial charge in [0, 0.05) is 30.9 Å². The SMILES string of the molecule is CCNC(=O)c1ccc(S(=O)(=O)NC(=O)c2ccc(OC(=O)NCCO)nc2)cc1. The monoisotopic (exact) mass is 436 g/mol. The third-order valence-corrected chi connectivity index (χ3v) is 4.92. The lowest BCUT2D eigenvalue weighted by Crippen LogP contribution is -2.31. The number of rotatable bonds is 8. The van der Waals surface area contributed by atoms with Crippen molar-refractivity contribution in [3.63, 3.8) is 0 Å². The number of nitrogens with zero attached hydrogens (tertiary/aromatic N) is 1. The molecule has 0 saturated carbocycles. The molecule has 0 saturated heterocycles. The van der Waals surface area contributed by atoms with Crippen molar-refractivity contribution < 1.29 is 32.6 Å². The molecule has 160 valence electrons. The minimum absolute atomic E-state index is 0.00143. The van der Waals surface area contributed by atoms with Crippen LogP contribution in [0.2, 0.25) is 0 Å².